The largest absolute Gasteiger partial charge is 0.309 e. The summed E-state index contributed by atoms with van der Waals surface area (Å²) >= 11 is 0. The summed E-state index contributed by atoms with van der Waals surface area (Å²) < 4.78 is 2.37. The molecule has 0 N–H and O–H groups in total. The summed E-state index contributed by atoms with van der Waals surface area (Å²) in [4.78, 5) is 0. The van der Waals surface area contributed by atoms with E-state index >= 15 is 0 Å². The van der Waals surface area contributed by atoms with Crippen molar-refractivity contribution < 1.29 is 0 Å². The van der Waals surface area contributed by atoms with E-state index in [0.29, 0.717) is 0 Å². The maximum absolute atomic E-state index is 2.37. The number of aromatic nitrogens is 1. The Bertz CT molecular complexity index is 2280. The van der Waals surface area contributed by atoms with Crippen molar-refractivity contribution in [1.82, 2.24) is 4.57 Å². The van der Waals surface area contributed by atoms with Crippen LogP contribution in [0.25, 0.3) is 82.8 Å². The molecule has 41 heavy (non-hydrogen) atoms. The van der Waals surface area contributed by atoms with Crippen molar-refractivity contribution in [2.24, 2.45) is 0 Å². The first-order valence-corrected chi connectivity index (χ1v) is 14.2. The summed E-state index contributed by atoms with van der Waals surface area (Å²) in [5, 5.41) is 5.24. The summed E-state index contributed by atoms with van der Waals surface area (Å²) in [5.41, 5.74) is 13.9. The zero-order chi connectivity index (χ0) is 26.9. The van der Waals surface area contributed by atoms with Gasteiger partial charge in [-0.3, -0.25) is 0 Å². The van der Waals surface area contributed by atoms with E-state index in [1.165, 1.54) is 82.8 Å². The van der Waals surface area contributed by atoms with E-state index in [1.807, 2.05) is 0 Å². The van der Waals surface area contributed by atoms with Crippen LogP contribution in [0, 0.1) is 0 Å². The molecule has 7 aromatic carbocycles. The molecule has 0 unspecified atom stereocenters. The Labute approximate surface area is 238 Å². The van der Waals surface area contributed by atoms with Crippen molar-refractivity contribution in [3.8, 4) is 50.2 Å². The number of hydrogen-bond donors (Lipinski definition) is 0. The van der Waals surface area contributed by atoms with Gasteiger partial charge in [0.2, 0.25) is 0 Å². The Morgan fingerprint density at radius 1 is 0.341 bits per heavy atom. The van der Waals surface area contributed by atoms with Crippen LogP contribution in [-0.2, 0) is 0 Å². The molecule has 1 nitrogen and oxygen atoms in total. The average Bonchev–Trinajstić information content (AvgIpc) is 3.55. The Kier molecular flexibility index (Phi) is 4.67. The lowest BCUT2D eigenvalue weighted by atomic mass is 9.95. The maximum Gasteiger partial charge on any atom is 0.0541 e. The van der Waals surface area contributed by atoms with E-state index in [1.54, 1.807) is 0 Å². The van der Waals surface area contributed by atoms with Crippen LogP contribution in [0.4, 0.5) is 0 Å². The van der Waals surface area contributed by atoms with Crippen molar-refractivity contribution in [1.29, 1.82) is 0 Å². The summed E-state index contributed by atoms with van der Waals surface area (Å²) in [6, 6.07) is 55.4. The first kappa shape index (κ1) is 22.4. The second-order valence-corrected chi connectivity index (χ2v) is 11.0. The first-order valence-electron chi connectivity index (χ1n) is 14.2. The van der Waals surface area contributed by atoms with Crippen molar-refractivity contribution in [2.75, 3.05) is 0 Å². The molecule has 1 aliphatic carbocycles. The molecule has 1 aromatic heterocycles. The molecule has 0 amide bonds. The molecule has 0 saturated carbocycles. The minimum Gasteiger partial charge on any atom is -0.309 e. The predicted octanol–water partition coefficient (Wildman–Crippen LogP) is 10.9. The van der Waals surface area contributed by atoms with Gasteiger partial charge in [0.15, 0.2) is 0 Å². The third kappa shape index (κ3) is 3.30. The quantitative estimate of drug-likeness (QED) is 0.219. The highest BCUT2D eigenvalue weighted by atomic mass is 15.0. The second-order valence-electron chi connectivity index (χ2n) is 11.0. The smallest absolute Gasteiger partial charge is 0.0541 e. The van der Waals surface area contributed by atoms with Crippen molar-refractivity contribution in [3.05, 3.63) is 152 Å². The van der Waals surface area contributed by atoms with E-state index in [9.17, 15) is 0 Å². The normalized spacial score (nSPS) is 11.9. The third-order valence-corrected chi connectivity index (χ3v) is 8.74. The zero-order valence-electron chi connectivity index (χ0n) is 22.4. The SMILES string of the molecule is c1ccc(-n2c3ccccc3c3cc(-c4ccc(-c5ccc6c(c5)-c5cccc7cccc-6c57)cc4)ccc32)cc1. The Morgan fingerprint density at radius 2 is 0.951 bits per heavy atom. The van der Waals surface area contributed by atoms with Crippen molar-refractivity contribution in [2.45, 2.75) is 0 Å². The van der Waals surface area contributed by atoms with Gasteiger partial charge in [0.1, 0.15) is 0 Å². The molecule has 0 radical (unpaired) electrons. The van der Waals surface area contributed by atoms with Crippen LogP contribution >= 0.6 is 0 Å². The van der Waals surface area contributed by atoms with Crippen LogP contribution in [0.3, 0.4) is 0 Å². The fourth-order valence-electron chi connectivity index (χ4n) is 6.83. The number of para-hydroxylation sites is 2. The van der Waals surface area contributed by atoms with Crippen LogP contribution in [0.2, 0.25) is 0 Å². The predicted molar refractivity (Wildman–Crippen MR) is 174 cm³/mol. The summed E-state index contributed by atoms with van der Waals surface area (Å²) in [6.45, 7) is 0. The van der Waals surface area contributed by atoms with Crippen LogP contribution < -0.4 is 0 Å². The molecule has 0 saturated heterocycles. The van der Waals surface area contributed by atoms with Gasteiger partial charge in [-0.1, -0.05) is 115 Å². The highest BCUT2D eigenvalue weighted by Crippen LogP contribution is 2.48. The van der Waals surface area contributed by atoms with Gasteiger partial charge in [-0.05, 0) is 91.7 Å². The van der Waals surface area contributed by atoms with Gasteiger partial charge in [-0.25, -0.2) is 0 Å². The van der Waals surface area contributed by atoms with Gasteiger partial charge in [0.25, 0.3) is 0 Å². The van der Waals surface area contributed by atoms with Crippen LogP contribution in [0.15, 0.2) is 152 Å². The van der Waals surface area contributed by atoms with Gasteiger partial charge < -0.3 is 4.57 Å². The monoisotopic (exact) mass is 519 g/mol. The standard InChI is InChI=1S/C40H25N/c1-2-10-31(11-3-1)41-38-15-5-4-12-33(38)37-25-30(21-23-39(37)41)27-18-16-26(17-19-27)29-20-22-32-34-13-6-8-28-9-7-14-35(40(28)34)36(32)24-29/h1-25H. The first-order chi connectivity index (χ1) is 20.3. The Morgan fingerprint density at radius 3 is 1.73 bits per heavy atom. The molecule has 190 valence electrons. The zero-order valence-corrected chi connectivity index (χ0v) is 22.4. The van der Waals surface area contributed by atoms with Crippen LogP contribution in [0.1, 0.15) is 0 Å². The van der Waals surface area contributed by atoms with Gasteiger partial charge in [-0.2, -0.15) is 0 Å². The highest BCUT2D eigenvalue weighted by molar-refractivity contribution is 6.15. The average molecular weight is 520 g/mol. The van der Waals surface area contributed by atoms with Crippen LogP contribution in [0.5, 0.6) is 0 Å². The third-order valence-electron chi connectivity index (χ3n) is 8.74. The van der Waals surface area contributed by atoms with Crippen LogP contribution in [-0.4, -0.2) is 4.57 Å². The number of fused-ring (bicyclic) bond motifs is 6. The van der Waals surface area contributed by atoms with Crippen molar-refractivity contribution in [3.63, 3.8) is 0 Å². The number of benzene rings is 7. The molecule has 0 bridgehead atoms. The molecule has 8 aromatic rings. The lowest BCUT2D eigenvalue weighted by Crippen LogP contribution is -1.92. The van der Waals surface area contributed by atoms with E-state index in [2.05, 4.69) is 156 Å². The minimum absolute atomic E-state index is 1.18. The van der Waals surface area contributed by atoms with Crippen molar-refractivity contribution >= 4 is 32.6 Å². The molecule has 1 heteroatoms. The highest BCUT2D eigenvalue weighted by Gasteiger charge is 2.21. The number of hydrogen-bond acceptors (Lipinski definition) is 0. The fourth-order valence-corrected chi connectivity index (χ4v) is 6.83. The van der Waals surface area contributed by atoms with Gasteiger partial charge >= 0.3 is 0 Å². The molecule has 0 fully saturated rings. The van der Waals surface area contributed by atoms with E-state index in [0.717, 1.165) is 0 Å². The van der Waals surface area contributed by atoms with Gasteiger partial charge in [-0.15, -0.1) is 0 Å². The maximum atomic E-state index is 2.37. The summed E-state index contributed by atoms with van der Waals surface area (Å²) in [5.74, 6) is 0. The van der Waals surface area contributed by atoms with Gasteiger partial charge in [0, 0.05) is 16.5 Å². The molecule has 0 aliphatic heterocycles. The summed E-state index contributed by atoms with van der Waals surface area (Å²) in [7, 11) is 0. The lowest BCUT2D eigenvalue weighted by Gasteiger charge is -2.09. The molecule has 0 spiro atoms. The summed E-state index contributed by atoms with van der Waals surface area (Å²) in [6.07, 6.45) is 0. The Hall–Kier alpha value is -5.40. The Balaban J connectivity index is 1.12. The fraction of sp³-hybridized carbons (Fsp3) is 0. The minimum atomic E-state index is 1.18. The molecular weight excluding hydrogens is 494 g/mol. The lowest BCUT2D eigenvalue weighted by molar-refractivity contribution is 1.18. The van der Waals surface area contributed by atoms with E-state index in [4.69, 9.17) is 0 Å². The van der Waals surface area contributed by atoms with E-state index in [-0.39, 0.29) is 0 Å². The molecule has 9 rings (SSSR count). The molecule has 1 aliphatic rings. The second kappa shape index (κ2) is 8.55. The number of rotatable bonds is 3. The molecular formula is C40H25N. The van der Waals surface area contributed by atoms with Gasteiger partial charge in [0.05, 0.1) is 11.0 Å². The topological polar surface area (TPSA) is 4.93 Å². The molecule has 1 heterocycles. The van der Waals surface area contributed by atoms with E-state index < -0.39 is 0 Å². The number of nitrogens with zero attached hydrogens (tertiary/aromatic N) is 1. The molecule has 0 atom stereocenters.